The van der Waals surface area contributed by atoms with Crippen molar-refractivity contribution >= 4 is 29.4 Å². The number of hydrogen-bond acceptors (Lipinski definition) is 7. The van der Waals surface area contributed by atoms with Crippen LogP contribution in [0.3, 0.4) is 0 Å². The van der Waals surface area contributed by atoms with E-state index in [4.69, 9.17) is 9.84 Å². The van der Waals surface area contributed by atoms with E-state index in [1.54, 1.807) is 13.0 Å². The molecule has 9 nitrogen and oxygen atoms in total. The van der Waals surface area contributed by atoms with Gasteiger partial charge in [-0.1, -0.05) is 17.7 Å². The first kappa shape index (κ1) is 23.7. The second-order valence-electron chi connectivity index (χ2n) is 9.63. The van der Waals surface area contributed by atoms with Crippen LogP contribution in [-0.4, -0.2) is 58.1 Å². The average molecular weight is 491 g/mol. The molecule has 0 unspecified atom stereocenters. The summed E-state index contributed by atoms with van der Waals surface area (Å²) in [6.07, 6.45) is 3.26. The second kappa shape index (κ2) is 8.58. The Morgan fingerprint density at radius 1 is 1.14 bits per heavy atom. The molecule has 5 rings (SSSR count). The number of carbonyl (C=O) groups is 5. The van der Waals surface area contributed by atoms with Crippen molar-refractivity contribution in [3.8, 4) is 11.5 Å². The predicted molar refractivity (Wildman–Crippen MR) is 125 cm³/mol. The van der Waals surface area contributed by atoms with Gasteiger partial charge in [0.1, 0.15) is 11.5 Å². The van der Waals surface area contributed by atoms with Crippen LogP contribution in [-0.2, 0) is 24.0 Å². The van der Waals surface area contributed by atoms with Gasteiger partial charge in [-0.2, -0.15) is 0 Å². The molecule has 0 radical (unpaired) electrons. The molecule has 2 amide bonds. The van der Waals surface area contributed by atoms with Crippen molar-refractivity contribution in [1.29, 1.82) is 0 Å². The molecular weight excluding hydrogens is 466 g/mol. The summed E-state index contributed by atoms with van der Waals surface area (Å²) in [5, 5.41) is 19.1. The fourth-order valence-electron chi connectivity index (χ4n) is 6.17. The Morgan fingerprint density at radius 3 is 2.58 bits per heavy atom. The van der Waals surface area contributed by atoms with E-state index >= 15 is 0 Å². The first-order valence-electron chi connectivity index (χ1n) is 11.8. The third-order valence-electron chi connectivity index (χ3n) is 7.73. The standard InChI is InChI=1S/C27H25NO8/c1-12-9-19(30)24-18(25(12)33)11-17-14(22(24)15-4-3-13(29)10-20(15)36-2)5-6-16-23(17)27(35)28(26(16)34)8-7-21(31)32/h3-5,9-10,16-17,22-23,29H,6-8,11H2,1-2H3,(H,31,32)/t16-,17+,22+,23-/m0/s1. The number of hydrogen-bond donors (Lipinski definition) is 2. The fourth-order valence-corrected chi connectivity index (χ4v) is 6.17. The number of aliphatic carboxylic acids is 1. The molecule has 4 atom stereocenters. The Balaban J connectivity index is 1.65. The van der Waals surface area contributed by atoms with Crippen LogP contribution in [0.4, 0.5) is 0 Å². The molecule has 9 heteroatoms. The zero-order valence-corrected chi connectivity index (χ0v) is 19.8. The summed E-state index contributed by atoms with van der Waals surface area (Å²) >= 11 is 0. The van der Waals surface area contributed by atoms with Crippen molar-refractivity contribution in [2.45, 2.75) is 32.1 Å². The minimum absolute atomic E-state index is 0.0257. The zero-order chi connectivity index (χ0) is 25.9. The lowest BCUT2D eigenvalue weighted by molar-refractivity contribution is -0.142. The molecule has 0 spiro atoms. The number of benzene rings is 1. The number of Topliss-reactive ketones (excluding diaryl/α,β-unsaturated/α-hetero) is 1. The highest BCUT2D eigenvalue weighted by molar-refractivity contribution is 6.23. The van der Waals surface area contributed by atoms with Crippen LogP contribution in [0.5, 0.6) is 11.5 Å². The Kier molecular flexibility index (Phi) is 5.65. The number of allylic oxidation sites excluding steroid dienone is 6. The van der Waals surface area contributed by atoms with Crippen molar-refractivity contribution in [2.75, 3.05) is 13.7 Å². The number of fused-ring (bicyclic) bond motifs is 3. The van der Waals surface area contributed by atoms with Crippen LogP contribution < -0.4 is 4.74 Å². The van der Waals surface area contributed by atoms with Crippen LogP contribution in [0.15, 0.2) is 52.6 Å². The molecule has 1 heterocycles. The van der Waals surface area contributed by atoms with Crippen molar-refractivity contribution in [3.05, 3.63) is 58.2 Å². The number of carboxylic acids is 1. The van der Waals surface area contributed by atoms with Gasteiger partial charge in [0.05, 0.1) is 25.4 Å². The number of carbonyl (C=O) groups excluding carboxylic acids is 4. The Labute approximate surface area is 206 Å². The SMILES string of the molecule is COc1cc(O)ccc1[C@H]1C2=CC[C@@H]3C(=O)N(CCC(=O)O)C(=O)[C@@H]3[C@@H]2CC2=C1C(=O)C=C(C)C2=O. The van der Waals surface area contributed by atoms with E-state index in [1.165, 1.54) is 25.3 Å². The predicted octanol–water partition coefficient (Wildman–Crippen LogP) is 2.31. The highest BCUT2D eigenvalue weighted by atomic mass is 16.5. The van der Waals surface area contributed by atoms with Gasteiger partial charge in [-0.15, -0.1) is 0 Å². The van der Waals surface area contributed by atoms with Crippen molar-refractivity contribution < 1.29 is 38.9 Å². The van der Waals surface area contributed by atoms with Crippen LogP contribution >= 0.6 is 0 Å². The number of rotatable bonds is 5. The molecule has 1 fully saturated rings. The third-order valence-corrected chi connectivity index (χ3v) is 7.73. The molecule has 1 aromatic carbocycles. The lowest BCUT2D eigenvalue weighted by atomic mass is 9.59. The van der Waals surface area contributed by atoms with Crippen LogP contribution in [0, 0.1) is 17.8 Å². The normalized spacial score (nSPS) is 27.3. The molecule has 0 aromatic heterocycles. The number of phenolic OH excluding ortho intramolecular Hbond substituents is 1. The number of phenols is 1. The van der Waals surface area contributed by atoms with Gasteiger partial charge in [-0.3, -0.25) is 28.9 Å². The maximum atomic E-state index is 13.4. The molecule has 4 aliphatic rings. The molecular formula is C27H25NO8. The molecule has 1 aliphatic heterocycles. The number of likely N-dealkylation sites (tertiary alicyclic amines) is 1. The van der Waals surface area contributed by atoms with E-state index < -0.39 is 41.5 Å². The monoisotopic (exact) mass is 491 g/mol. The zero-order valence-electron chi connectivity index (χ0n) is 19.8. The summed E-state index contributed by atoms with van der Waals surface area (Å²) in [4.78, 5) is 65.1. The topological polar surface area (TPSA) is 138 Å². The molecule has 186 valence electrons. The van der Waals surface area contributed by atoms with Crippen LogP contribution in [0.25, 0.3) is 0 Å². The number of nitrogens with zero attached hydrogens (tertiary/aromatic N) is 1. The van der Waals surface area contributed by atoms with Crippen LogP contribution in [0.1, 0.15) is 37.7 Å². The number of imide groups is 1. The smallest absolute Gasteiger partial charge is 0.305 e. The Hall–Kier alpha value is -4.01. The Bertz CT molecular complexity index is 1330. The average Bonchev–Trinajstić information content (AvgIpc) is 3.09. The van der Waals surface area contributed by atoms with Gasteiger partial charge in [0.25, 0.3) is 0 Å². The number of amides is 2. The van der Waals surface area contributed by atoms with Gasteiger partial charge in [0.2, 0.25) is 11.8 Å². The highest BCUT2D eigenvalue weighted by Gasteiger charge is 2.56. The van der Waals surface area contributed by atoms with Crippen molar-refractivity contribution in [2.24, 2.45) is 17.8 Å². The minimum atomic E-state index is -1.11. The first-order chi connectivity index (χ1) is 17.1. The van der Waals surface area contributed by atoms with Crippen molar-refractivity contribution in [1.82, 2.24) is 4.90 Å². The van der Waals surface area contributed by atoms with Crippen LogP contribution in [0.2, 0.25) is 0 Å². The van der Waals surface area contributed by atoms with Gasteiger partial charge in [0, 0.05) is 40.8 Å². The third kappa shape index (κ3) is 3.49. The number of ketones is 2. The van der Waals surface area contributed by atoms with E-state index in [0.717, 1.165) is 10.5 Å². The van der Waals surface area contributed by atoms with Gasteiger partial charge in [-0.25, -0.2) is 0 Å². The van der Waals surface area contributed by atoms with E-state index in [1.807, 2.05) is 6.08 Å². The molecule has 1 saturated heterocycles. The maximum Gasteiger partial charge on any atom is 0.305 e. The highest BCUT2D eigenvalue weighted by Crippen LogP contribution is 2.56. The number of aromatic hydroxyl groups is 1. The molecule has 0 saturated carbocycles. The minimum Gasteiger partial charge on any atom is -0.508 e. The number of carboxylic acid groups (broad SMARTS) is 1. The molecule has 3 aliphatic carbocycles. The van der Waals surface area contributed by atoms with Gasteiger partial charge < -0.3 is 14.9 Å². The number of methoxy groups -OCH3 is 1. The summed E-state index contributed by atoms with van der Waals surface area (Å²) in [5.74, 6) is -4.80. The second-order valence-corrected chi connectivity index (χ2v) is 9.63. The summed E-state index contributed by atoms with van der Waals surface area (Å²) in [6, 6.07) is 4.55. The summed E-state index contributed by atoms with van der Waals surface area (Å²) in [6.45, 7) is 1.37. The molecule has 36 heavy (non-hydrogen) atoms. The molecule has 2 N–H and O–H groups in total. The lowest BCUT2D eigenvalue weighted by Crippen LogP contribution is -2.40. The summed E-state index contributed by atoms with van der Waals surface area (Å²) in [7, 11) is 1.44. The van der Waals surface area contributed by atoms with E-state index in [0.29, 0.717) is 28.0 Å². The van der Waals surface area contributed by atoms with E-state index in [-0.39, 0.29) is 43.1 Å². The first-order valence-corrected chi connectivity index (χ1v) is 11.8. The summed E-state index contributed by atoms with van der Waals surface area (Å²) in [5.41, 5.74) is 2.30. The van der Waals surface area contributed by atoms with Gasteiger partial charge in [-0.05, 0) is 37.8 Å². The van der Waals surface area contributed by atoms with E-state index in [9.17, 15) is 29.1 Å². The lowest BCUT2D eigenvalue weighted by Gasteiger charge is -2.42. The quantitative estimate of drug-likeness (QED) is 0.364. The maximum absolute atomic E-state index is 13.4. The molecule has 0 bridgehead atoms. The summed E-state index contributed by atoms with van der Waals surface area (Å²) < 4.78 is 5.51. The fraction of sp³-hybridized carbons (Fsp3) is 0.370. The van der Waals surface area contributed by atoms with Gasteiger partial charge >= 0.3 is 5.97 Å². The number of ether oxygens (including phenoxy) is 1. The Morgan fingerprint density at radius 2 is 1.89 bits per heavy atom. The van der Waals surface area contributed by atoms with Gasteiger partial charge in [0.15, 0.2) is 11.6 Å². The largest absolute Gasteiger partial charge is 0.508 e. The van der Waals surface area contributed by atoms with E-state index in [2.05, 4.69) is 0 Å². The molecule has 1 aromatic rings. The van der Waals surface area contributed by atoms with Crippen molar-refractivity contribution in [3.63, 3.8) is 0 Å².